The van der Waals surface area contributed by atoms with E-state index in [9.17, 15) is 10.1 Å². The molecule has 4 heteroatoms. The fourth-order valence-electron chi connectivity index (χ4n) is 2.26. The van der Waals surface area contributed by atoms with Crippen molar-refractivity contribution >= 4 is 5.91 Å². The van der Waals surface area contributed by atoms with E-state index in [-0.39, 0.29) is 5.91 Å². The molecule has 0 atom stereocenters. The highest BCUT2D eigenvalue weighted by Crippen LogP contribution is 2.29. The van der Waals surface area contributed by atoms with E-state index in [1.807, 2.05) is 31.2 Å². The van der Waals surface area contributed by atoms with E-state index in [0.717, 1.165) is 11.1 Å². The second-order valence-corrected chi connectivity index (χ2v) is 4.92. The third kappa shape index (κ3) is 2.94. The highest BCUT2D eigenvalue weighted by atomic mass is 16.5. The molecule has 1 fully saturated rings. The van der Waals surface area contributed by atoms with E-state index < -0.39 is 5.41 Å². The molecule has 0 saturated carbocycles. The Labute approximate surface area is 113 Å². The van der Waals surface area contributed by atoms with Gasteiger partial charge in [-0.3, -0.25) is 4.79 Å². The Morgan fingerprint density at radius 2 is 2.11 bits per heavy atom. The predicted molar refractivity (Wildman–Crippen MR) is 71.1 cm³/mol. The van der Waals surface area contributed by atoms with Gasteiger partial charge in [-0.25, -0.2) is 0 Å². The zero-order chi connectivity index (χ0) is 13.7. The lowest BCUT2D eigenvalue weighted by Gasteiger charge is -2.29. The number of carbonyl (C=O) groups is 1. The maximum Gasteiger partial charge on any atom is 0.240 e. The molecule has 0 radical (unpaired) electrons. The number of hydrogen-bond donors (Lipinski definition) is 1. The first-order chi connectivity index (χ1) is 9.18. The van der Waals surface area contributed by atoms with Crippen LogP contribution in [0.4, 0.5) is 0 Å². The van der Waals surface area contributed by atoms with Crippen LogP contribution in [-0.2, 0) is 16.1 Å². The second kappa shape index (κ2) is 5.85. The smallest absolute Gasteiger partial charge is 0.240 e. The molecule has 1 amide bonds. The van der Waals surface area contributed by atoms with Gasteiger partial charge in [0.1, 0.15) is 5.41 Å². The van der Waals surface area contributed by atoms with Gasteiger partial charge >= 0.3 is 0 Å². The minimum atomic E-state index is -0.916. The van der Waals surface area contributed by atoms with E-state index >= 15 is 0 Å². The summed E-state index contributed by atoms with van der Waals surface area (Å²) in [6, 6.07) is 10.1. The summed E-state index contributed by atoms with van der Waals surface area (Å²) in [6.07, 6.45) is 0.951. The van der Waals surface area contributed by atoms with Crippen LogP contribution in [0, 0.1) is 23.7 Å². The molecule has 19 heavy (non-hydrogen) atoms. The molecule has 4 nitrogen and oxygen atoms in total. The summed E-state index contributed by atoms with van der Waals surface area (Å²) in [5, 5.41) is 12.2. The molecule has 1 aliphatic rings. The maximum atomic E-state index is 12.2. The molecule has 0 bridgehead atoms. The maximum absolute atomic E-state index is 12.2. The van der Waals surface area contributed by atoms with Crippen molar-refractivity contribution in [1.29, 1.82) is 5.26 Å². The molecule has 1 aromatic carbocycles. The Morgan fingerprint density at radius 3 is 2.74 bits per heavy atom. The lowest BCUT2D eigenvalue weighted by molar-refractivity contribution is -0.132. The Bertz CT molecular complexity index is 499. The quantitative estimate of drug-likeness (QED) is 0.901. The van der Waals surface area contributed by atoms with Crippen LogP contribution < -0.4 is 5.32 Å². The van der Waals surface area contributed by atoms with Crippen molar-refractivity contribution < 1.29 is 9.53 Å². The van der Waals surface area contributed by atoms with Crippen LogP contribution in [0.2, 0.25) is 0 Å². The lowest BCUT2D eigenvalue weighted by Crippen LogP contribution is -2.43. The molecule has 1 heterocycles. The average molecular weight is 258 g/mol. The summed E-state index contributed by atoms with van der Waals surface area (Å²) >= 11 is 0. The second-order valence-electron chi connectivity index (χ2n) is 4.92. The van der Waals surface area contributed by atoms with Gasteiger partial charge in [0.2, 0.25) is 5.91 Å². The monoisotopic (exact) mass is 258 g/mol. The third-order valence-electron chi connectivity index (χ3n) is 3.70. The topological polar surface area (TPSA) is 62.1 Å². The Balaban J connectivity index is 2.01. The molecule has 100 valence electrons. The fourth-order valence-corrected chi connectivity index (χ4v) is 2.26. The molecule has 1 aliphatic heterocycles. The van der Waals surface area contributed by atoms with Crippen molar-refractivity contribution in [2.45, 2.75) is 26.3 Å². The largest absolute Gasteiger partial charge is 0.381 e. The SMILES string of the molecule is Cc1ccccc1CNC(=O)C1(C#N)CCOCC1. The number of hydrogen-bond acceptors (Lipinski definition) is 3. The number of nitrogens with one attached hydrogen (secondary N) is 1. The van der Waals surface area contributed by atoms with Crippen LogP contribution in [0.5, 0.6) is 0 Å². The molecular weight excluding hydrogens is 240 g/mol. The first-order valence-electron chi connectivity index (χ1n) is 6.50. The summed E-state index contributed by atoms with van der Waals surface area (Å²) in [5.41, 5.74) is 1.30. The molecule has 1 saturated heterocycles. The molecule has 0 aromatic heterocycles. The number of carbonyl (C=O) groups excluding carboxylic acids is 1. The van der Waals surface area contributed by atoms with Crippen molar-refractivity contribution in [1.82, 2.24) is 5.32 Å². The summed E-state index contributed by atoms with van der Waals surface area (Å²) in [4.78, 5) is 12.2. The van der Waals surface area contributed by atoms with E-state index in [4.69, 9.17) is 4.74 Å². The lowest BCUT2D eigenvalue weighted by atomic mass is 9.81. The van der Waals surface area contributed by atoms with Crippen LogP contribution >= 0.6 is 0 Å². The third-order valence-corrected chi connectivity index (χ3v) is 3.70. The Hall–Kier alpha value is -1.86. The van der Waals surface area contributed by atoms with Crippen LogP contribution in [0.3, 0.4) is 0 Å². The zero-order valence-electron chi connectivity index (χ0n) is 11.1. The molecule has 1 aromatic rings. The van der Waals surface area contributed by atoms with Gasteiger partial charge in [-0.1, -0.05) is 24.3 Å². The van der Waals surface area contributed by atoms with Crippen molar-refractivity contribution in [3.05, 3.63) is 35.4 Å². The predicted octanol–water partition coefficient (Wildman–Crippen LogP) is 1.93. The van der Waals surface area contributed by atoms with Gasteiger partial charge in [0.15, 0.2) is 0 Å². The molecular formula is C15H18N2O2. The summed E-state index contributed by atoms with van der Waals surface area (Å²) in [5.74, 6) is -0.179. The van der Waals surface area contributed by atoms with Crippen molar-refractivity contribution in [3.63, 3.8) is 0 Å². The highest BCUT2D eigenvalue weighted by molar-refractivity contribution is 5.85. The van der Waals surface area contributed by atoms with Gasteiger partial charge in [-0.2, -0.15) is 5.26 Å². The van der Waals surface area contributed by atoms with Crippen molar-refractivity contribution in [2.24, 2.45) is 5.41 Å². The minimum absolute atomic E-state index is 0.179. The summed E-state index contributed by atoms with van der Waals surface area (Å²) in [6.45, 7) is 3.43. The van der Waals surface area contributed by atoms with E-state index in [1.165, 1.54) is 0 Å². The number of nitrogens with zero attached hydrogens (tertiary/aromatic N) is 1. The van der Waals surface area contributed by atoms with Gasteiger partial charge in [-0.05, 0) is 30.9 Å². The van der Waals surface area contributed by atoms with Crippen molar-refractivity contribution in [2.75, 3.05) is 13.2 Å². The molecule has 2 rings (SSSR count). The normalized spacial score (nSPS) is 17.5. The molecule has 0 unspecified atom stereocenters. The van der Waals surface area contributed by atoms with Gasteiger partial charge < -0.3 is 10.1 Å². The van der Waals surface area contributed by atoms with Crippen LogP contribution in [0.25, 0.3) is 0 Å². The molecule has 0 spiro atoms. The molecule has 0 aliphatic carbocycles. The number of ether oxygens (including phenoxy) is 1. The highest BCUT2D eigenvalue weighted by Gasteiger charge is 2.40. The number of rotatable bonds is 3. The van der Waals surface area contributed by atoms with E-state index in [0.29, 0.717) is 32.6 Å². The molecule has 1 N–H and O–H groups in total. The van der Waals surface area contributed by atoms with Gasteiger partial charge in [0, 0.05) is 19.8 Å². The van der Waals surface area contributed by atoms with Crippen LogP contribution in [0.1, 0.15) is 24.0 Å². The Morgan fingerprint density at radius 1 is 1.42 bits per heavy atom. The first-order valence-corrected chi connectivity index (χ1v) is 6.50. The van der Waals surface area contributed by atoms with Gasteiger partial charge in [-0.15, -0.1) is 0 Å². The van der Waals surface area contributed by atoms with E-state index in [1.54, 1.807) is 0 Å². The van der Waals surface area contributed by atoms with Crippen LogP contribution in [0.15, 0.2) is 24.3 Å². The summed E-state index contributed by atoms with van der Waals surface area (Å²) < 4.78 is 5.23. The zero-order valence-corrected chi connectivity index (χ0v) is 11.1. The van der Waals surface area contributed by atoms with Gasteiger partial charge in [0.05, 0.1) is 6.07 Å². The van der Waals surface area contributed by atoms with Crippen LogP contribution in [-0.4, -0.2) is 19.1 Å². The number of amides is 1. The van der Waals surface area contributed by atoms with Gasteiger partial charge in [0.25, 0.3) is 0 Å². The number of nitriles is 1. The first kappa shape index (κ1) is 13.6. The van der Waals surface area contributed by atoms with E-state index in [2.05, 4.69) is 11.4 Å². The average Bonchev–Trinajstić information content (AvgIpc) is 2.46. The number of aryl methyl sites for hydroxylation is 1. The number of benzene rings is 1. The Kier molecular flexibility index (Phi) is 4.18. The standard InChI is InChI=1S/C15H18N2O2/c1-12-4-2-3-5-13(12)10-17-14(18)15(11-16)6-8-19-9-7-15/h2-5H,6-10H2,1H3,(H,17,18). The van der Waals surface area contributed by atoms with Crippen molar-refractivity contribution in [3.8, 4) is 6.07 Å². The fraction of sp³-hybridized carbons (Fsp3) is 0.467. The summed E-state index contributed by atoms with van der Waals surface area (Å²) in [7, 11) is 0. The minimum Gasteiger partial charge on any atom is -0.381 e.